The monoisotopic (exact) mass is 310 g/mol. The minimum Gasteiger partial charge on any atom is -0.370 e. The Kier molecular flexibility index (Phi) is 7.53. The molecule has 1 heterocycles. The molecular formula is C14H23ClN6. The largest absolute Gasteiger partial charge is 0.370 e. The van der Waals surface area contributed by atoms with Crippen molar-refractivity contribution in [1.29, 1.82) is 0 Å². The molecule has 2 rings (SSSR count). The van der Waals surface area contributed by atoms with Crippen molar-refractivity contribution in [3.05, 3.63) is 24.5 Å². The highest BCUT2D eigenvalue weighted by Crippen LogP contribution is 2.20. The van der Waals surface area contributed by atoms with Gasteiger partial charge in [0.25, 0.3) is 0 Å². The van der Waals surface area contributed by atoms with Gasteiger partial charge in [0, 0.05) is 13.2 Å². The zero-order valence-corrected chi connectivity index (χ0v) is 13.1. The highest BCUT2D eigenvalue weighted by molar-refractivity contribution is 6.04. The molecule has 0 radical (unpaired) electrons. The third-order valence-electron chi connectivity index (χ3n) is 3.30. The zero-order valence-electron chi connectivity index (χ0n) is 12.2. The lowest BCUT2D eigenvalue weighted by Gasteiger charge is -2.20. The Balaban J connectivity index is 0.00000220. The number of rotatable bonds is 2. The summed E-state index contributed by atoms with van der Waals surface area (Å²) in [5, 5.41) is 6.21. The highest BCUT2D eigenvalue weighted by atomic mass is 35.5. The SMILES string of the molecule is CN=C(N)NC(=NC1CCCCC1)Nc1cccnc1.Cl. The van der Waals surface area contributed by atoms with Crippen molar-refractivity contribution in [1.82, 2.24) is 10.3 Å². The topological polar surface area (TPSA) is 87.7 Å². The summed E-state index contributed by atoms with van der Waals surface area (Å²) in [6.07, 6.45) is 9.53. The van der Waals surface area contributed by atoms with Gasteiger partial charge >= 0.3 is 0 Å². The summed E-state index contributed by atoms with van der Waals surface area (Å²) < 4.78 is 0. The standard InChI is InChI=1S/C14H22N6.ClH/c1-16-13(15)20-14(18-11-6-3-2-4-7-11)19-12-8-5-9-17-10-12;/h5,8-11H,2-4,6-7H2,1H3,(H4,15,16,18,19,20);1H. The van der Waals surface area contributed by atoms with Crippen molar-refractivity contribution in [3.8, 4) is 0 Å². The third-order valence-corrected chi connectivity index (χ3v) is 3.30. The van der Waals surface area contributed by atoms with E-state index in [4.69, 9.17) is 10.7 Å². The van der Waals surface area contributed by atoms with Gasteiger partial charge < -0.3 is 11.1 Å². The average Bonchev–Trinajstić information content (AvgIpc) is 2.49. The number of hydrogen-bond donors (Lipinski definition) is 3. The lowest BCUT2D eigenvalue weighted by Crippen LogP contribution is -2.41. The van der Waals surface area contributed by atoms with Crippen molar-refractivity contribution in [2.45, 2.75) is 38.1 Å². The van der Waals surface area contributed by atoms with E-state index in [1.54, 1.807) is 19.4 Å². The minimum absolute atomic E-state index is 0. The second kappa shape index (κ2) is 9.18. The average molecular weight is 311 g/mol. The van der Waals surface area contributed by atoms with E-state index >= 15 is 0 Å². The normalized spacial score (nSPS) is 17.0. The van der Waals surface area contributed by atoms with Crippen molar-refractivity contribution in [3.63, 3.8) is 0 Å². The van der Waals surface area contributed by atoms with Gasteiger partial charge in [-0.05, 0) is 25.0 Å². The minimum atomic E-state index is 0. The summed E-state index contributed by atoms with van der Waals surface area (Å²) in [5.41, 5.74) is 6.61. The van der Waals surface area contributed by atoms with E-state index in [0.29, 0.717) is 18.0 Å². The second-order valence-corrected chi connectivity index (χ2v) is 4.87. The molecule has 1 aliphatic rings. The molecular weight excluding hydrogens is 288 g/mol. The van der Waals surface area contributed by atoms with E-state index < -0.39 is 0 Å². The number of nitrogens with zero attached hydrogens (tertiary/aromatic N) is 3. The van der Waals surface area contributed by atoms with Crippen molar-refractivity contribution in [2.24, 2.45) is 15.7 Å². The molecule has 116 valence electrons. The summed E-state index contributed by atoms with van der Waals surface area (Å²) in [6, 6.07) is 4.16. The number of aromatic nitrogens is 1. The Morgan fingerprint density at radius 3 is 2.71 bits per heavy atom. The van der Waals surface area contributed by atoms with Gasteiger partial charge in [0.15, 0.2) is 5.96 Å². The van der Waals surface area contributed by atoms with Gasteiger partial charge in [0.05, 0.1) is 17.9 Å². The summed E-state index contributed by atoms with van der Waals surface area (Å²) in [6.45, 7) is 0. The zero-order chi connectivity index (χ0) is 14.2. The van der Waals surface area contributed by atoms with Crippen LogP contribution in [0.5, 0.6) is 0 Å². The number of hydrogen-bond acceptors (Lipinski definition) is 3. The van der Waals surface area contributed by atoms with Crippen LogP contribution in [0.2, 0.25) is 0 Å². The van der Waals surface area contributed by atoms with Crippen LogP contribution in [0.1, 0.15) is 32.1 Å². The molecule has 1 aromatic heterocycles. The van der Waals surface area contributed by atoms with Gasteiger partial charge in [-0.2, -0.15) is 0 Å². The van der Waals surface area contributed by atoms with Crippen LogP contribution in [0.25, 0.3) is 0 Å². The molecule has 1 fully saturated rings. The summed E-state index contributed by atoms with van der Waals surface area (Å²) >= 11 is 0. The van der Waals surface area contributed by atoms with Crippen LogP contribution in [0.3, 0.4) is 0 Å². The number of halogens is 1. The fraction of sp³-hybridized carbons (Fsp3) is 0.500. The van der Waals surface area contributed by atoms with Gasteiger partial charge in [-0.15, -0.1) is 12.4 Å². The maximum atomic E-state index is 5.74. The Morgan fingerprint density at radius 2 is 2.10 bits per heavy atom. The van der Waals surface area contributed by atoms with E-state index in [1.807, 2.05) is 12.1 Å². The Morgan fingerprint density at radius 1 is 1.33 bits per heavy atom. The lowest BCUT2D eigenvalue weighted by atomic mass is 9.96. The fourth-order valence-electron chi connectivity index (χ4n) is 2.24. The third kappa shape index (κ3) is 5.99. The number of pyridine rings is 1. The summed E-state index contributed by atoms with van der Waals surface area (Å²) in [7, 11) is 1.64. The van der Waals surface area contributed by atoms with Gasteiger partial charge in [0.2, 0.25) is 5.96 Å². The van der Waals surface area contributed by atoms with Crippen LogP contribution in [0.15, 0.2) is 34.5 Å². The smallest absolute Gasteiger partial charge is 0.202 e. The molecule has 21 heavy (non-hydrogen) atoms. The number of aliphatic imine (C=N–C) groups is 2. The quantitative estimate of drug-likeness (QED) is 0.577. The highest BCUT2D eigenvalue weighted by Gasteiger charge is 2.13. The van der Waals surface area contributed by atoms with Crippen LogP contribution in [0, 0.1) is 0 Å². The van der Waals surface area contributed by atoms with Crippen LogP contribution in [-0.4, -0.2) is 30.0 Å². The van der Waals surface area contributed by atoms with Crippen LogP contribution >= 0.6 is 12.4 Å². The van der Waals surface area contributed by atoms with Gasteiger partial charge in [-0.25, -0.2) is 4.99 Å². The summed E-state index contributed by atoms with van der Waals surface area (Å²) in [5.74, 6) is 0.976. The molecule has 0 amide bonds. The molecule has 0 spiro atoms. The predicted octanol–water partition coefficient (Wildman–Crippen LogP) is 2.14. The molecule has 0 aliphatic heterocycles. The number of nitrogens with two attached hydrogens (primary N) is 1. The van der Waals surface area contributed by atoms with E-state index in [-0.39, 0.29) is 12.4 Å². The van der Waals surface area contributed by atoms with E-state index in [2.05, 4.69) is 20.6 Å². The molecule has 4 N–H and O–H groups in total. The Hall–Kier alpha value is -1.82. The van der Waals surface area contributed by atoms with Crippen molar-refractivity contribution in [2.75, 3.05) is 12.4 Å². The maximum absolute atomic E-state index is 5.74. The molecule has 1 aliphatic carbocycles. The Labute approximate surface area is 131 Å². The second-order valence-electron chi connectivity index (χ2n) is 4.87. The molecule has 0 aromatic carbocycles. The van der Waals surface area contributed by atoms with Crippen LogP contribution in [-0.2, 0) is 0 Å². The number of anilines is 1. The van der Waals surface area contributed by atoms with E-state index in [9.17, 15) is 0 Å². The molecule has 0 unspecified atom stereocenters. The predicted molar refractivity (Wildman–Crippen MR) is 90.1 cm³/mol. The first kappa shape index (κ1) is 17.2. The first-order chi connectivity index (χ1) is 9.78. The van der Waals surface area contributed by atoms with Crippen molar-refractivity contribution < 1.29 is 0 Å². The Bertz CT molecular complexity index is 468. The summed E-state index contributed by atoms with van der Waals surface area (Å²) in [4.78, 5) is 12.7. The molecule has 0 saturated heterocycles. The maximum Gasteiger partial charge on any atom is 0.202 e. The molecule has 0 atom stereocenters. The first-order valence-electron chi connectivity index (χ1n) is 7.02. The number of nitrogens with one attached hydrogen (secondary N) is 2. The van der Waals surface area contributed by atoms with Gasteiger partial charge in [0.1, 0.15) is 0 Å². The van der Waals surface area contributed by atoms with Gasteiger partial charge in [-0.3, -0.25) is 15.3 Å². The lowest BCUT2D eigenvalue weighted by molar-refractivity contribution is 0.443. The molecule has 1 aromatic rings. The van der Waals surface area contributed by atoms with Gasteiger partial charge in [-0.1, -0.05) is 19.3 Å². The first-order valence-corrected chi connectivity index (χ1v) is 7.02. The molecule has 1 saturated carbocycles. The van der Waals surface area contributed by atoms with Crippen LogP contribution < -0.4 is 16.4 Å². The van der Waals surface area contributed by atoms with Crippen molar-refractivity contribution >= 4 is 30.0 Å². The number of guanidine groups is 2. The van der Waals surface area contributed by atoms with E-state index in [1.165, 1.54) is 19.3 Å². The fourth-order valence-corrected chi connectivity index (χ4v) is 2.24. The molecule has 0 bridgehead atoms. The van der Waals surface area contributed by atoms with Crippen LogP contribution in [0.4, 0.5) is 5.69 Å². The molecule has 6 nitrogen and oxygen atoms in total. The molecule has 7 heteroatoms. The van der Waals surface area contributed by atoms with E-state index in [0.717, 1.165) is 18.5 Å².